The first kappa shape index (κ1) is 9.17. The third-order valence-electron chi connectivity index (χ3n) is 2.04. The Balaban J connectivity index is 2.36. The lowest BCUT2D eigenvalue weighted by Crippen LogP contribution is -1.99. The standard InChI is InChI=1S/C10H9ClN2O/c11-8-4-10(14-7-1-2-7)6(5-12)3-9(8)13/h3-4,7H,1-2,13H2. The van der Waals surface area contributed by atoms with Crippen LogP contribution in [-0.2, 0) is 0 Å². The molecule has 0 unspecified atom stereocenters. The van der Waals surface area contributed by atoms with Crippen LogP contribution < -0.4 is 10.5 Å². The fourth-order valence-corrected chi connectivity index (χ4v) is 1.28. The van der Waals surface area contributed by atoms with Crippen molar-refractivity contribution in [2.75, 3.05) is 5.73 Å². The Morgan fingerprint density at radius 2 is 2.21 bits per heavy atom. The van der Waals surface area contributed by atoms with Gasteiger partial charge >= 0.3 is 0 Å². The Morgan fingerprint density at radius 3 is 2.79 bits per heavy atom. The minimum Gasteiger partial charge on any atom is -0.489 e. The van der Waals surface area contributed by atoms with Crippen molar-refractivity contribution in [2.45, 2.75) is 18.9 Å². The van der Waals surface area contributed by atoms with Gasteiger partial charge in [-0.05, 0) is 18.9 Å². The molecule has 1 aromatic carbocycles. The molecule has 72 valence electrons. The highest BCUT2D eigenvalue weighted by Crippen LogP contribution is 2.33. The van der Waals surface area contributed by atoms with E-state index in [1.807, 2.05) is 6.07 Å². The van der Waals surface area contributed by atoms with Crippen LogP contribution in [0.3, 0.4) is 0 Å². The SMILES string of the molecule is N#Cc1cc(N)c(Cl)cc1OC1CC1. The molecule has 1 aliphatic carbocycles. The van der Waals surface area contributed by atoms with Gasteiger partial charge in [-0.25, -0.2) is 0 Å². The number of ether oxygens (including phenoxy) is 1. The van der Waals surface area contributed by atoms with Crippen LogP contribution >= 0.6 is 11.6 Å². The van der Waals surface area contributed by atoms with E-state index in [9.17, 15) is 0 Å². The van der Waals surface area contributed by atoms with E-state index in [4.69, 9.17) is 27.3 Å². The maximum absolute atomic E-state index is 8.84. The Morgan fingerprint density at radius 1 is 1.50 bits per heavy atom. The van der Waals surface area contributed by atoms with E-state index in [2.05, 4.69) is 0 Å². The highest BCUT2D eigenvalue weighted by molar-refractivity contribution is 6.33. The van der Waals surface area contributed by atoms with Crippen molar-refractivity contribution in [3.05, 3.63) is 22.7 Å². The molecular weight excluding hydrogens is 200 g/mol. The van der Waals surface area contributed by atoms with Crippen molar-refractivity contribution in [2.24, 2.45) is 0 Å². The van der Waals surface area contributed by atoms with Crippen molar-refractivity contribution in [1.29, 1.82) is 5.26 Å². The molecule has 0 heterocycles. The van der Waals surface area contributed by atoms with E-state index in [1.165, 1.54) is 0 Å². The van der Waals surface area contributed by atoms with Crippen LogP contribution in [0, 0.1) is 11.3 Å². The van der Waals surface area contributed by atoms with E-state index in [0.717, 1.165) is 12.8 Å². The van der Waals surface area contributed by atoms with E-state index in [-0.39, 0.29) is 6.10 Å². The van der Waals surface area contributed by atoms with Crippen LogP contribution in [0.1, 0.15) is 18.4 Å². The molecule has 2 rings (SSSR count). The number of nitriles is 1. The number of anilines is 1. The Kier molecular flexibility index (Phi) is 2.22. The minimum absolute atomic E-state index is 0.252. The zero-order valence-electron chi connectivity index (χ0n) is 7.46. The lowest BCUT2D eigenvalue weighted by Gasteiger charge is -2.08. The fraction of sp³-hybridized carbons (Fsp3) is 0.300. The summed E-state index contributed by atoms with van der Waals surface area (Å²) in [5.74, 6) is 0.536. The Bertz CT molecular complexity index is 407. The van der Waals surface area contributed by atoms with Gasteiger partial charge in [0.25, 0.3) is 0 Å². The molecule has 0 aromatic heterocycles. The lowest BCUT2D eigenvalue weighted by molar-refractivity contribution is 0.302. The van der Waals surface area contributed by atoms with Gasteiger partial charge in [-0.1, -0.05) is 11.6 Å². The predicted molar refractivity (Wildman–Crippen MR) is 54.2 cm³/mol. The van der Waals surface area contributed by atoms with Crippen LogP contribution in [0.2, 0.25) is 5.02 Å². The molecule has 0 saturated heterocycles. The highest BCUT2D eigenvalue weighted by Gasteiger charge is 2.24. The maximum Gasteiger partial charge on any atom is 0.139 e. The number of nitrogens with two attached hydrogens (primary N) is 1. The van der Waals surface area contributed by atoms with Crippen molar-refractivity contribution in [1.82, 2.24) is 0 Å². The smallest absolute Gasteiger partial charge is 0.139 e. The molecule has 0 bridgehead atoms. The van der Waals surface area contributed by atoms with Crippen LogP contribution in [0.4, 0.5) is 5.69 Å². The number of benzene rings is 1. The molecule has 14 heavy (non-hydrogen) atoms. The van der Waals surface area contributed by atoms with Gasteiger partial charge < -0.3 is 10.5 Å². The van der Waals surface area contributed by atoms with Gasteiger partial charge in [0.15, 0.2) is 0 Å². The third-order valence-corrected chi connectivity index (χ3v) is 2.36. The molecule has 1 aromatic rings. The summed E-state index contributed by atoms with van der Waals surface area (Å²) in [6.45, 7) is 0. The topological polar surface area (TPSA) is 59.0 Å². The first-order chi connectivity index (χ1) is 6.70. The summed E-state index contributed by atoms with van der Waals surface area (Å²) in [5, 5.41) is 9.27. The van der Waals surface area contributed by atoms with Crippen LogP contribution in [0.25, 0.3) is 0 Å². The molecule has 0 atom stereocenters. The van der Waals surface area contributed by atoms with Crippen LogP contribution in [-0.4, -0.2) is 6.10 Å². The molecule has 1 saturated carbocycles. The normalized spacial score (nSPS) is 14.9. The van der Waals surface area contributed by atoms with Gasteiger partial charge in [-0.2, -0.15) is 5.26 Å². The molecular formula is C10H9ClN2O. The lowest BCUT2D eigenvalue weighted by atomic mass is 10.2. The number of rotatable bonds is 2. The quantitative estimate of drug-likeness (QED) is 0.759. The molecule has 0 radical (unpaired) electrons. The van der Waals surface area contributed by atoms with Crippen LogP contribution in [0.5, 0.6) is 5.75 Å². The molecule has 0 aliphatic heterocycles. The van der Waals surface area contributed by atoms with Gasteiger partial charge in [0, 0.05) is 6.07 Å². The number of hydrogen-bond donors (Lipinski definition) is 1. The van der Waals surface area contributed by atoms with Gasteiger partial charge in [-0.15, -0.1) is 0 Å². The molecule has 1 aliphatic rings. The number of hydrogen-bond acceptors (Lipinski definition) is 3. The van der Waals surface area contributed by atoms with Crippen LogP contribution in [0.15, 0.2) is 12.1 Å². The number of nitrogens with zero attached hydrogens (tertiary/aromatic N) is 1. The number of halogens is 1. The summed E-state index contributed by atoms with van der Waals surface area (Å²) in [7, 11) is 0. The molecule has 1 fully saturated rings. The van der Waals surface area contributed by atoms with Crippen molar-refractivity contribution in [3.8, 4) is 11.8 Å². The van der Waals surface area contributed by atoms with Gasteiger partial charge in [0.1, 0.15) is 11.8 Å². The zero-order chi connectivity index (χ0) is 10.1. The molecule has 0 amide bonds. The highest BCUT2D eigenvalue weighted by atomic mass is 35.5. The summed E-state index contributed by atoms with van der Waals surface area (Å²) < 4.78 is 5.52. The van der Waals surface area contributed by atoms with Crippen molar-refractivity contribution >= 4 is 17.3 Å². The average molecular weight is 209 g/mol. The molecule has 2 N–H and O–H groups in total. The largest absolute Gasteiger partial charge is 0.489 e. The Hall–Kier alpha value is -1.40. The summed E-state index contributed by atoms with van der Waals surface area (Å²) in [6.07, 6.45) is 2.35. The van der Waals surface area contributed by atoms with E-state index >= 15 is 0 Å². The van der Waals surface area contributed by atoms with Gasteiger partial charge in [-0.3, -0.25) is 0 Å². The van der Waals surface area contributed by atoms with Gasteiger partial charge in [0.05, 0.1) is 22.4 Å². The first-order valence-electron chi connectivity index (χ1n) is 4.36. The van der Waals surface area contributed by atoms with Gasteiger partial charge in [0.2, 0.25) is 0 Å². The molecule has 3 nitrogen and oxygen atoms in total. The van der Waals surface area contributed by atoms with E-state index < -0.39 is 0 Å². The Labute approximate surface area is 87.0 Å². The molecule has 0 spiro atoms. The minimum atomic E-state index is 0.252. The third kappa shape index (κ3) is 1.75. The second-order valence-corrected chi connectivity index (χ2v) is 3.71. The monoisotopic (exact) mass is 208 g/mol. The summed E-state index contributed by atoms with van der Waals surface area (Å²) in [4.78, 5) is 0. The second-order valence-electron chi connectivity index (χ2n) is 3.30. The molecule has 4 heteroatoms. The number of nitrogen functional groups attached to an aromatic ring is 1. The van der Waals surface area contributed by atoms with E-state index in [1.54, 1.807) is 12.1 Å². The average Bonchev–Trinajstić information content (AvgIpc) is 2.95. The summed E-state index contributed by atoms with van der Waals surface area (Å²) in [6, 6.07) is 5.18. The second kappa shape index (κ2) is 3.39. The fourth-order valence-electron chi connectivity index (χ4n) is 1.12. The van der Waals surface area contributed by atoms with Crippen molar-refractivity contribution < 1.29 is 4.74 Å². The zero-order valence-corrected chi connectivity index (χ0v) is 8.21. The summed E-state index contributed by atoms with van der Waals surface area (Å²) in [5.41, 5.74) is 6.42. The van der Waals surface area contributed by atoms with Crippen molar-refractivity contribution in [3.63, 3.8) is 0 Å². The summed E-state index contributed by atoms with van der Waals surface area (Å²) >= 11 is 5.83. The first-order valence-corrected chi connectivity index (χ1v) is 4.74. The van der Waals surface area contributed by atoms with E-state index in [0.29, 0.717) is 22.0 Å². The maximum atomic E-state index is 8.84. The predicted octanol–water partition coefficient (Wildman–Crippen LogP) is 2.34.